The van der Waals surface area contributed by atoms with Crippen molar-refractivity contribution in [2.75, 3.05) is 18.4 Å². The van der Waals surface area contributed by atoms with Gasteiger partial charge in [0.25, 0.3) is 5.91 Å². The summed E-state index contributed by atoms with van der Waals surface area (Å²) in [5.41, 5.74) is 2.37. The number of carbonyl (C=O) groups excluding carboxylic acids is 1. The molecule has 0 spiro atoms. The topological polar surface area (TPSA) is 53.5 Å². The molecule has 0 saturated heterocycles. The second-order valence-corrected chi connectivity index (χ2v) is 5.61. The lowest BCUT2D eigenvalue weighted by Crippen LogP contribution is -2.19. The van der Waals surface area contributed by atoms with Crippen LogP contribution in [0.15, 0.2) is 58.0 Å². The molecule has 0 fully saturated rings. The van der Waals surface area contributed by atoms with Crippen LogP contribution < -0.4 is 10.6 Å². The summed E-state index contributed by atoms with van der Waals surface area (Å²) >= 11 is 3.36. The molecule has 4 nitrogen and oxygen atoms in total. The van der Waals surface area contributed by atoms with Crippen LogP contribution >= 0.6 is 15.9 Å². The number of nitrogens with one attached hydrogen (secondary N) is 2. The molecular formula is C16H14BrN3O. The quantitative estimate of drug-likeness (QED) is 0.899. The van der Waals surface area contributed by atoms with Gasteiger partial charge in [0.05, 0.1) is 6.54 Å². The first-order chi connectivity index (χ1) is 10.2. The zero-order valence-corrected chi connectivity index (χ0v) is 12.9. The molecule has 2 aromatic rings. The van der Waals surface area contributed by atoms with Crippen LogP contribution in [0.1, 0.15) is 15.9 Å². The predicted octanol–water partition coefficient (Wildman–Crippen LogP) is 3.05. The number of benzene rings is 2. The lowest BCUT2D eigenvalue weighted by Gasteiger charge is -2.08. The van der Waals surface area contributed by atoms with E-state index in [2.05, 4.69) is 31.6 Å². The number of hydrogen-bond donors (Lipinski definition) is 2. The molecule has 21 heavy (non-hydrogen) atoms. The van der Waals surface area contributed by atoms with E-state index in [1.54, 1.807) is 12.1 Å². The largest absolute Gasteiger partial charge is 0.368 e. The molecule has 2 N–H and O–H groups in total. The van der Waals surface area contributed by atoms with E-state index < -0.39 is 0 Å². The third-order valence-corrected chi connectivity index (χ3v) is 3.70. The van der Waals surface area contributed by atoms with E-state index in [-0.39, 0.29) is 5.91 Å². The van der Waals surface area contributed by atoms with Crippen molar-refractivity contribution in [3.05, 3.63) is 64.1 Å². The van der Waals surface area contributed by atoms with Gasteiger partial charge in [0, 0.05) is 27.8 Å². The molecule has 1 amide bonds. The van der Waals surface area contributed by atoms with Crippen LogP contribution in [0, 0.1) is 0 Å². The zero-order chi connectivity index (χ0) is 14.7. The van der Waals surface area contributed by atoms with Gasteiger partial charge in [-0.3, -0.25) is 9.79 Å². The molecule has 5 heteroatoms. The lowest BCUT2D eigenvalue weighted by molar-refractivity contribution is 0.102. The van der Waals surface area contributed by atoms with Crippen molar-refractivity contribution in [2.45, 2.75) is 0 Å². The van der Waals surface area contributed by atoms with E-state index in [9.17, 15) is 4.79 Å². The minimum Gasteiger partial charge on any atom is -0.368 e. The Balaban J connectivity index is 1.77. The molecule has 0 unspecified atom stereocenters. The van der Waals surface area contributed by atoms with Crippen molar-refractivity contribution < 1.29 is 4.79 Å². The van der Waals surface area contributed by atoms with Gasteiger partial charge in [-0.1, -0.05) is 28.1 Å². The molecule has 0 aromatic heterocycles. The predicted molar refractivity (Wildman–Crippen MR) is 87.9 cm³/mol. The fourth-order valence-electron chi connectivity index (χ4n) is 2.14. The molecule has 1 aliphatic rings. The summed E-state index contributed by atoms with van der Waals surface area (Å²) in [6, 6.07) is 15.0. The van der Waals surface area contributed by atoms with E-state index in [4.69, 9.17) is 0 Å². The monoisotopic (exact) mass is 343 g/mol. The van der Waals surface area contributed by atoms with Crippen molar-refractivity contribution in [1.82, 2.24) is 5.32 Å². The average Bonchev–Trinajstić information content (AvgIpc) is 3.02. The van der Waals surface area contributed by atoms with Crippen LogP contribution in [0.2, 0.25) is 0 Å². The number of amides is 1. The molecule has 1 heterocycles. The Labute approximate surface area is 131 Å². The van der Waals surface area contributed by atoms with Gasteiger partial charge in [-0.25, -0.2) is 0 Å². The van der Waals surface area contributed by atoms with Crippen LogP contribution in [-0.2, 0) is 0 Å². The van der Waals surface area contributed by atoms with Crippen LogP contribution in [-0.4, -0.2) is 24.8 Å². The highest BCUT2D eigenvalue weighted by Crippen LogP contribution is 2.15. The van der Waals surface area contributed by atoms with Crippen LogP contribution in [0.25, 0.3) is 0 Å². The minimum atomic E-state index is -0.124. The minimum absolute atomic E-state index is 0.124. The smallest absolute Gasteiger partial charge is 0.255 e. The molecule has 1 aliphatic heterocycles. The van der Waals surface area contributed by atoms with Crippen molar-refractivity contribution in [1.29, 1.82) is 0 Å². The van der Waals surface area contributed by atoms with Crippen molar-refractivity contribution in [3.63, 3.8) is 0 Å². The highest BCUT2D eigenvalue weighted by Gasteiger charge is 2.10. The molecule has 0 radical (unpaired) electrons. The highest BCUT2D eigenvalue weighted by molar-refractivity contribution is 9.10. The van der Waals surface area contributed by atoms with Gasteiger partial charge in [0.15, 0.2) is 0 Å². The van der Waals surface area contributed by atoms with Crippen LogP contribution in [0.5, 0.6) is 0 Å². The van der Waals surface area contributed by atoms with E-state index in [1.165, 1.54) is 0 Å². The fourth-order valence-corrected chi connectivity index (χ4v) is 2.40. The SMILES string of the molecule is O=C(Nc1cccc(C2=NCCN2)c1)c1ccc(Br)cc1. The van der Waals surface area contributed by atoms with Gasteiger partial charge in [-0.2, -0.15) is 0 Å². The summed E-state index contributed by atoms with van der Waals surface area (Å²) in [7, 11) is 0. The van der Waals surface area contributed by atoms with Gasteiger partial charge in [-0.05, 0) is 36.4 Å². The number of aliphatic imine (C=N–C) groups is 1. The maximum Gasteiger partial charge on any atom is 0.255 e. The van der Waals surface area contributed by atoms with Gasteiger partial charge in [0.2, 0.25) is 0 Å². The van der Waals surface area contributed by atoms with Crippen molar-refractivity contribution in [2.24, 2.45) is 4.99 Å². The lowest BCUT2D eigenvalue weighted by atomic mass is 10.1. The Bertz CT molecular complexity index is 695. The van der Waals surface area contributed by atoms with Crippen LogP contribution in [0.4, 0.5) is 5.69 Å². The Kier molecular flexibility index (Phi) is 4.01. The molecular weight excluding hydrogens is 330 g/mol. The summed E-state index contributed by atoms with van der Waals surface area (Å²) in [5, 5.41) is 6.13. The normalized spacial score (nSPS) is 13.5. The molecule has 0 aliphatic carbocycles. The number of hydrogen-bond acceptors (Lipinski definition) is 3. The summed E-state index contributed by atoms with van der Waals surface area (Å²) in [4.78, 5) is 16.6. The number of nitrogens with zero attached hydrogens (tertiary/aromatic N) is 1. The second-order valence-electron chi connectivity index (χ2n) is 4.70. The number of halogens is 1. The Morgan fingerprint density at radius 3 is 2.71 bits per heavy atom. The first-order valence-corrected chi connectivity index (χ1v) is 7.47. The summed E-state index contributed by atoms with van der Waals surface area (Å²) in [6.45, 7) is 1.66. The van der Waals surface area contributed by atoms with E-state index in [0.717, 1.165) is 34.6 Å². The first kappa shape index (κ1) is 13.8. The molecule has 2 aromatic carbocycles. The molecule has 3 rings (SSSR count). The zero-order valence-electron chi connectivity index (χ0n) is 11.3. The number of carbonyl (C=O) groups is 1. The Morgan fingerprint density at radius 2 is 2.00 bits per heavy atom. The maximum atomic E-state index is 12.2. The second kappa shape index (κ2) is 6.10. The van der Waals surface area contributed by atoms with E-state index in [0.29, 0.717) is 5.56 Å². The van der Waals surface area contributed by atoms with E-state index >= 15 is 0 Å². The maximum absolute atomic E-state index is 12.2. The third kappa shape index (κ3) is 3.31. The molecule has 0 saturated carbocycles. The molecule has 106 valence electrons. The Hall–Kier alpha value is -2.14. The Morgan fingerprint density at radius 1 is 1.19 bits per heavy atom. The molecule has 0 bridgehead atoms. The third-order valence-electron chi connectivity index (χ3n) is 3.17. The number of rotatable bonds is 3. The standard InChI is InChI=1S/C16H14BrN3O/c17-13-6-4-11(5-7-13)16(21)20-14-3-1-2-12(10-14)15-18-8-9-19-15/h1-7,10H,8-9H2,(H,18,19)(H,20,21). The average molecular weight is 344 g/mol. The van der Waals surface area contributed by atoms with Gasteiger partial charge in [0.1, 0.15) is 5.84 Å². The van der Waals surface area contributed by atoms with Gasteiger partial charge >= 0.3 is 0 Å². The fraction of sp³-hybridized carbons (Fsp3) is 0.125. The summed E-state index contributed by atoms with van der Waals surface area (Å²) in [5.74, 6) is 0.760. The summed E-state index contributed by atoms with van der Waals surface area (Å²) in [6.07, 6.45) is 0. The number of amidine groups is 1. The number of anilines is 1. The van der Waals surface area contributed by atoms with Crippen molar-refractivity contribution in [3.8, 4) is 0 Å². The van der Waals surface area contributed by atoms with E-state index in [1.807, 2.05) is 36.4 Å². The van der Waals surface area contributed by atoms with Crippen molar-refractivity contribution >= 4 is 33.4 Å². The van der Waals surface area contributed by atoms with Gasteiger partial charge in [-0.15, -0.1) is 0 Å². The summed E-state index contributed by atoms with van der Waals surface area (Å²) < 4.78 is 0.950. The van der Waals surface area contributed by atoms with Crippen LogP contribution in [0.3, 0.4) is 0 Å². The molecule has 0 atom stereocenters. The van der Waals surface area contributed by atoms with Gasteiger partial charge < -0.3 is 10.6 Å². The highest BCUT2D eigenvalue weighted by atomic mass is 79.9. The first-order valence-electron chi connectivity index (χ1n) is 6.68.